The zero-order valence-electron chi connectivity index (χ0n) is 14.7. The molecule has 0 fully saturated rings. The van der Waals surface area contributed by atoms with Gasteiger partial charge in [-0.15, -0.1) is 10.2 Å². The van der Waals surface area contributed by atoms with E-state index < -0.39 is 42.7 Å². The molecule has 0 aliphatic carbocycles. The minimum absolute atomic E-state index is 0.165. The number of non-ortho nitro benzene ring substituents is 1. The predicted molar refractivity (Wildman–Crippen MR) is 103 cm³/mol. The number of primary sulfonamides is 1. The van der Waals surface area contributed by atoms with Crippen LogP contribution in [0, 0.1) is 20.2 Å². The molecular formula is C16H11N5O8S. The van der Waals surface area contributed by atoms with E-state index in [1.165, 1.54) is 30.3 Å². The molecule has 4 N–H and O–H groups in total. The summed E-state index contributed by atoms with van der Waals surface area (Å²) in [6.45, 7) is 0. The first kappa shape index (κ1) is 20.6. The lowest BCUT2D eigenvalue weighted by Crippen LogP contribution is -2.11. The molecule has 0 amide bonds. The smallest absolute Gasteiger partial charge is 0.319 e. The fourth-order valence-electron chi connectivity index (χ4n) is 2.58. The molecule has 154 valence electrons. The SMILES string of the molecule is NS(=O)(=O)c1ccc2c(N=Nc3cc([N+](=O)[O-])cc([N+](=O)[O-])c3O)c(O)ccc2c1. The number of phenolic OH excluding ortho intramolecular Hbond substituents is 2. The molecule has 0 aliphatic heterocycles. The van der Waals surface area contributed by atoms with E-state index in [2.05, 4.69) is 10.2 Å². The molecule has 13 nitrogen and oxygen atoms in total. The summed E-state index contributed by atoms with van der Waals surface area (Å²) in [6, 6.07) is 7.64. The van der Waals surface area contributed by atoms with Crippen molar-refractivity contribution in [2.75, 3.05) is 0 Å². The molecule has 3 rings (SSSR count). The average Bonchev–Trinajstić information content (AvgIpc) is 2.66. The Morgan fingerprint density at radius 3 is 2.23 bits per heavy atom. The van der Waals surface area contributed by atoms with Crippen LogP contribution in [0.25, 0.3) is 10.8 Å². The van der Waals surface area contributed by atoms with Gasteiger partial charge in [-0.2, -0.15) is 0 Å². The van der Waals surface area contributed by atoms with Crippen LogP contribution in [0.15, 0.2) is 57.6 Å². The number of hydrogen-bond donors (Lipinski definition) is 3. The van der Waals surface area contributed by atoms with Crippen LogP contribution in [0.3, 0.4) is 0 Å². The lowest BCUT2D eigenvalue weighted by molar-refractivity contribution is -0.394. The quantitative estimate of drug-likeness (QED) is 0.308. The summed E-state index contributed by atoms with van der Waals surface area (Å²) >= 11 is 0. The molecule has 3 aromatic carbocycles. The van der Waals surface area contributed by atoms with Gasteiger partial charge in [-0.3, -0.25) is 20.2 Å². The van der Waals surface area contributed by atoms with Crippen molar-refractivity contribution < 1.29 is 28.5 Å². The van der Waals surface area contributed by atoms with Gasteiger partial charge in [-0.1, -0.05) is 12.1 Å². The van der Waals surface area contributed by atoms with Crippen LogP contribution in [-0.4, -0.2) is 28.5 Å². The van der Waals surface area contributed by atoms with Crippen LogP contribution in [0.4, 0.5) is 22.7 Å². The summed E-state index contributed by atoms with van der Waals surface area (Å²) in [4.78, 5) is 19.9. The summed E-state index contributed by atoms with van der Waals surface area (Å²) in [5.74, 6) is -1.33. The lowest BCUT2D eigenvalue weighted by atomic mass is 10.1. The van der Waals surface area contributed by atoms with Crippen LogP contribution in [0.2, 0.25) is 0 Å². The maximum atomic E-state index is 11.5. The largest absolute Gasteiger partial charge is 0.506 e. The van der Waals surface area contributed by atoms with Crippen LogP contribution in [0.5, 0.6) is 11.5 Å². The minimum atomic E-state index is -3.98. The number of hydrogen-bond acceptors (Lipinski definition) is 10. The van der Waals surface area contributed by atoms with E-state index in [0.29, 0.717) is 11.5 Å². The van der Waals surface area contributed by atoms with Gasteiger partial charge < -0.3 is 10.2 Å². The highest BCUT2D eigenvalue weighted by molar-refractivity contribution is 7.89. The standard InChI is InChI=1S/C16H11N5O8S/c17-30(28,29)10-2-3-11-8(5-10)1-4-14(22)15(11)19-18-12-6-9(20(24)25)7-13(16(12)23)21(26)27/h1-7,22-23H,(H2,17,28,29). The number of nitro benzene ring substituents is 2. The second-order valence-electron chi connectivity index (χ2n) is 5.91. The number of benzene rings is 3. The van der Waals surface area contributed by atoms with E-state index in [0.717, 1.165) is 6.07 Å². The first-order valence-electron chi connectivity index (χ1n) is 7.85. The predicted octanol–water partition coefficient (Wildman–Crippen LogP) is 3.13. The van der Waals surface area contributed by atoms with Crippen molar-refractivity contribution in [3.63, 3.8) is 0 Å². The second kappa shape index (κ2) is 7.34. The molecule has 0 spiro atoms. The third-order valence-electron chi connectivity index (χ3n) is 3.99. The Morgan fingerprint density at radius 1 is 0.933 bits per heavy atom. The van der Waals surface area contributed by atoms with Gasteiger partial charge in [0.05, 0.1) is 20.8 Å². The van der Waals surface area contributed by atoms with E-state index in [-0.39, 0.29) is 21.7 Å². The number of fused-ring (bicyclic) bond motifs is 1. The Labute approximate surface area is 167 Å². The maximum absolute atomic E-state index is 11.5. The molecule has 0 bridgehead atoms. The van der Waals surface area contributed by atoms with E-state index >= 15 is 0 Å². The van der Waals surface area contributed by atoms with Gasteiger partial charge in [-0.25, -0.2) is 13.6 Å². The van der Waals surface area contributed by atoms with Crippen molar-refractivity contribution in [2.45, 2.75) is 4.90 Å². The number of azo groups is 1. The first-order valence-corrected chi connectivity index (χ1v) is 9.39. The highest BCUT2D eigenvalue weighted by atomic mass is 32.2. The molecule has 14 heteroatoms. The number of nitrogens with two attached hydrogens (primary N) is 1. The fourth-order valence-corrected chi connectivity index (χ4v) is 3.13. The number of phenols is 2. The zero-order valence-corrected chi connectivity index (χ0v) is 15.5. The van der Waals surface area contributed by atoms with Crippen LogP contribution in [0.1, 0.15) is 0 Å². The van der Waals surface area contributed by atoms with E-state index in [1.807, 2.05) is 0 Å². The number of nitrogens with zero attached hydrogens (tertiary/aromatic N) is 4. The van der Waals surface area contributed by atoms with Gasteiger partial charge in [0.15, 0.2) is 0 Å². The Morgan fingerprint density at radius 2 is 1.63 bits per heavy atom. The fraction of sp³-hybridized carbons (Fsp3) is 0. The lowest BCUT2D eigenvalue weighted by Gasteiger charge is -2.06. The molecule has 0 aromatic heterocycles. The number of rotatable bonds is 5. The minimum Gasteiger partial charge on any atom is -0.506 e. The Bertz CT molecular complexity index is 1350. The summed E-state index contributed by atoms with van der Waals surface area (Å²) < 4.78 is 23.0. The molecular weight excluding hydrogens is 422 g/mol. The van der Waals surface area contributed by atoms with Crippen molar-refractivity contribution in [1.82, 2.24) is 0 Å². The Kier molecular flexibility index (Phi) is 5.03. The highest BCUT2D eigenvalue weighted by Crippen LogP contribution is 2.42. The highest BCUT2D eigenvalue weighted by Gasteiger charge is 2.24. The van der Waals surface area contributed by atoms with Gasteiger partial charge in [0.2, 0.25) is 15.8 Å². The number of nitro groups is 2. The van der Waals surface area contributed by atoms with Gasteiger partial charge in [-0.05, 0) is 23.6 Å². The van der Waals surface area contributed by atoms with Crippen molar-refractivity contribution in [2.24, 2.45) is 15.4 Å². The van der Waals surface area contributed by atoms with Crippen molar-refractivity contribution in [3.05, 3.63) is 62.7 Å². The molecule has 0 saturated heterocycles. The van der Waals surface area contributed by atoms with E-state index in [4.69, 9.17) is 5.14 Å². The monoisotopic (exact) mass is 433 g/mol. The molecule has 30 heavy (non-hydrogen) atoms. The van der Waals surface area contributed by atoms with Gasteiger partial charge in [0.1, 0.15) is 17.1 Å². The first-order chi connectivity index (χ1) is 14.0. The van der Waals surface area contributed by atoms with Crippen molar-refractivity contribution in [3.8, 4) is 11.5 Å². The van der Waals surface area contributed by atoms with E-state index in [9.17, 15) is 38.9 Å². The number of aromatic hydroxyl groups is 2. The van der Waals surface area contributed by atoms with Gasteiger partial charge in [0, 0.05) is 11.5 Å². The summed E-state index contributed by atoms with van der Waals surface area (Å²) in [5, 5.41) is 55.1. The second-order valence-corrected chi connectivity index (χ2v) is 7.47. The molecule has 0 atom stereocenters. The molecule has 0 heterocycles. The van der Waals surface area contributed by atoms with Crippen molar-refractivity contribution in [1.29, 1.82) is 0 Å². The third kappa shape index (κ3) is 3.85. The number of sulfonamides is 1. The molecule has 0 radical (unpaired) electrons. The van der Waals surface area contributed by atoms with Crippen LogP contribution in [-0.2, 0) is 10.0 Å². The summed E-state index contributed by atoms with van der Waals surface area (Å²) in [6.07, 6.45) is 0. The third-order valence-corrected chi connectivity index (χ3v) is 4.90. The topological polar surface area (TPSA) is 212 Å². The van der Waals surface area contributed by atoms with Crippen LogP contribution >= 0.6 is 0 Å². The Balaban J connectivity index is 2.18. The molecule has 0 unspecified atom stereocenters. The normalized spacial score (nSPS) is 11.8. The van der Waals surface area contributed by atoms with Crippen LogP contribution < -0.4 is 5.14 Å². The maximum Gasteiger partial charge on any atom is 0.319 e. The molecule has 0 saturated carbocycles. The van der Waals surface area contributed by atoms with E-state index in [1.54, 1.807) is 0 Å². The molecule has 3 aromatic rings. The van der Waals surface area contributed by atoms with Crippen molar-refractivity contribution >= 4 is 43.5 Å². The summed E-state index contributed by atoms with van der Waals surface area (Å²) in [5.41, 5.74) is -2.39. The molecule has 0 aliphatic rings. The zero-order chi connectivity index (χ0) is 22.2. The van der Waals surface area contributed by atoms with Gasteiger partial charge in [0.25, 0.3) is 5.69 Å². The van der Waals surface area contributed by atoms with Gasteiger partial charge >= 0.3 is 5.69 Å². The summed E-state index contributed by atoms with van der Waals surface area (Å²) in [7, 11) is -3.98. The average molecular weight is 433 g/mol. The Hall–Kier alpha value is -4.17.